The third kappa shape index (κ3) is 2.84. The lowest BCUT2D eigenvalue weighted by molar-refractivity contribution is -0.139. The van der Waals surface area contributed by atoms with Gasteiger partial charge < -0.3 is 10.4 Å². The van der Waals surface area contributed by atoms with Gasteiger partial charge in [0, 0.05) is 6.04 Å². The van der Waals surface area contributed by atoms with Crippen molar-refractivity contribution in [3.05, 3.63) is 35.4 Å². The number of hydrogen-bond acceptors (Lipinski definition) is 2. The van der Waals surface area contributed by atoms with Gasteiger partial charge in [-0.25, -0.2) is 0 Å². The van der Waals surface area contributed by atoms with Crippen molar-refractivity contribution in [3.8, 4) is 0 Å². The maximum absolute atomic E-state index is 12.8. The first-order valence-corrected chi connectivity index (χ1v) is 6.07. The third-order valence-electron chi connectivity index (χ3n) is 3.31. The van der Waals surface area contributed by atoms with Crippen LogP contribution in [-0.4, -0.2) is 17.7 Å². The Balaban J connectivity index is 2.26. The number of aliphatic hydroxyl groups excluding tert-OH is 1. The molecule has 2 rings (SSSR count). The Morgan fingerprint density at radius 1 is 1.22 bits per heavy atom. The second kappa shape index (κ2) is 5.28. The molecule has 1 heterocycles. The summed E-state index contributed by atoms with van der Waals surface area (Å²) in [6, 6.07) is 4.94. The summed E-state index contributed by atoms with van der Waals surface area (Å²) in [4.78, 5) is 0. The maximum atomic E-state index is 12.8. The van der Waals surface area contributed by atoms with Gasteiger partial charge in [0.1, 0.15) is 0 Å². The highest BCUT2D eigenvalue weighted by Gasteiger charge is 2.36. The average molecular weight is 259 g/mol. The predicted molar refractivity (Wildman–Crippen MR) is 62.0 cm³/mol. The zero-order chi connectivity index (χ0) is 13.2. The summed E-state index contributed by atoms with van der Waals surface area (Å²) >= 11 is 0. The fourth-order valence-corrected chi connectivity index (χ4v) is 2.38. The van der Waals surface area contributed by atoms with Crippen LogP contribution in [0.3, 0.4) is 0 Å². The number of rotatable bonds is 2. The zero-order valence-electron chi connectivity index (χ0n) is 9.87. The smallest absolute Gasteiger partial charge is 0.387 e. The van der Waals surface area contributed by atoms with Gasteiger partial charge in [-0.2, -0.15) is 13.2 Å². The molecule has 1 aromatic rings. The minimum Gasteiger partial charge on any atom is -0.387 e. The van der Waals surface area contributed by atoms with Gasteiger partial charge in [-0.3, -0.25) is 0 Å². The Hall–Kier alpha value is -1.07. The van der Waals surface area contributed by atoms with Crippen LogP contribution in [0.2, 0.25) is 0 Å². The Bertz CT molecular complexity index is 399. The Kier molecular flexibility index (Phi) is 3.92. The molecule has 0 aromatic heterocycles. The molecule has 1 aromatic carbocycles. The molecule has 2 nitrogen and oxygen atoms in total. The van der Waals surface area contributed by atoms with Gasteiger partial charge in [0.25, 0.3) is 0 Å². The summed E-state index contributed by atoms with van der Waals surface area (Å²) in [5.41, 5.74) is -0.783. The molecule has 0 spiro atoms. The normalized spacial score (nSPS) is 22.8. The van der Waals surface area contributed by atoms with Crippen molar-refractivity contribution in [1.82, 2.24) is 5.32 Å². The third-order valence-corrected chi connectivity index (χ3v) is 3.31. The quantitative estimate of drug-likeness (QED) is 0.856. The molecule has 1 fully saturated rings. The second-order valence-electron chi connectivity index (χ2n) is 4.59. The largest absolute Gasteiger partial charge is 0.416 e. The standard InChI is InChI=1S/C13H16F3NO/c14-13(15,16)10-6-2-1-5-9(10)12(18)11-7-3-4-8-17-11/h1-2,5-6,11-12,17-18H,3-4,7-8H2. The second-order valence-corrected chi connectivity index (χ2v) is 4.59. The van der Waals surface area contributed by atoms with Crippen molar-refractivity contribution < 1.29 is 18.3 Å². The fourth-order valence-electron chi connectivity index (χ4n) is 2.38. The highest BCUT2D eigenvalue weighted by molar-refractivity contribution is 5.32. The van der Waals surface area contributed by atoms with E-state index in [1.54, 1.807) is 0 Å². The van der Waals surface area contributed by atoms with Gasteiger partial charge in [0.05, 0.1) is 11.7 Å². The van der Waals surface area contributed by atoms with E-state index in [4.69, 9.17) is 0 Å². The number of nitrogens with one attached hydrogen (secondary N) is 1. The SMILES string of the molecule is OC(c1ccccc1C(F)(F)F)C1CCCCN1. The van der Waals surface area contributed by atoms with E-state index < -0.39 is 17.8 Å². The van der Waals surface area contributed by atoms with Crippen LogP contribution in [0.5, 0.6) is 0 Å². The van der Waals surface area contributed by atoms with Crippen LogP contribution < -0.4 is 5.32 Å². The molecule has 5 heteroatoms. The van der Waals surface area contributed by atoms with Crippen LogP contribution in [-0.2, 0) is 6.18 Å². The summed E-state index contributed by atoms with van der Waals surface area (Å²) < 4.78 is 38.5. The van der Waals surface area contributed by atoms with E-state index >= 15 is 0 Å². The Morgan fingerprint density at radius 2 is 1.94 bits per heavy atom. The molecule has 2 atom stereocenters. The maximum Gasteiger partial charge on any atom is 0.416 e. The molecule has 0 saturated carbocycles. The fraction of sp³-hybridized carbons (Fsp3) is 0.538. The van der Waals surface area contributed by atoms with E-state index in [1.165, 1.54) is 18.2 Å². The van der Waals surface area contributed by atoms with Crippen molar-refractivity contribution in [3.63, 3.8) is 0 Å². The molecule has 1 aliphatic heterocycles. The van der Waals surface area contributed by atoms with Crippen LogP contribution in [0.25, 0.3) is 0 Å². The minimum atomic E-state index is -4.42. The van der Waals surface area contributed by atoms with Crippen molar-refractivity contribution in [2.24, 2.45) is 0 Å². The van der Waals surface area contributed by atoms with Gasteiger partial charge in [-0.1, -0.05) is 24.6 Å². The van der Waals surface area contributed by atoms with E-state index in [2.05, 4.69) is 5.32 Å². The van der Waals surface area contributed by atoms with E-state index in [0.717, 1.165) is 25.5 Å². The number of benzene rings is 1. The summed E-state index contributed by atoms with van der Waals surface area (Å²) in [5, 5.41) is 13.2. The molecule has 18 heavy (non-hydrogen) atoms. The number of halogens is 3. The van der Waals surface area contributed by atoms with E-state index in [0.29, 0.717) is 6.42 Å². The van der Waals surface area contributed by atoms with Gasteiger partial charge in [-0.15, -0.1) is 0 Å². The highest BCUT2D eigenvalue weighted by atomic mass is 19.4. The molecule has 0 bridgehead atoms. The summed E-state index contributed by atoms with van der Waals surface area (Å²) in [6.45, 7) is 0.746. The Labute approximate surface area is 104 Å². The monoisotopic (exact) mass is 259 g/mol. The highest BCUT2D eigenvalue weighted by Crippen LogP contribution is 2.36. The molecule has 1 aliphatic rings. The Morgan fingerprint density at radius 3 is 2.56 bits per heavy atom. The van der Waals surface area contributed by atoms with Crippen LogP contribution in [0.15, 0.2) is 24.3 Å². The summed E-state index contributed by atoms with van der Waals surface area (Å²) in [7, 11) is 0. The topological polar surface area (TPSA) is 32.3 Å². The van der Waals surface area contributed by atoms with Crippen LogP contribution in [0.1, 0.15) is 36.5 Å². The first kappa shape index (κ1) is 13.4. The van der Waals surface area contributed by atoms with Crippen LogP contribution in [0.4, 0.5) is 13.2 Å². The lowest BCUT2D eigenvalue weighted by Gasteiger charge is -2.29. The van der Waals surface area contributed by atoms with Crippen molar-refractivity contribution >= 4 is 0 Å². The zero-order valence-corrected chi connectivity index (χ0v) is 9.87. The van der Waals surface area contributed by atoms with Gasteiger partial charge >= 0.3 is 6.18 Å². The lowest BCUT2D eigenvalue weighted by atomic mass is 9.92. The van der Waals surface area contributed by atoms with Gasteiger partial charge in [0.15, 0.2) is 0 Å². The van der Waals surface area contributed by atoms with E-state index in [1.807, 2.05) is 0 Å². The first-order valence-electron chi connectivity index (χ1n) is 6.07. The van der Waals surface area contributed by atoms with Crippen LogP contribution in [0, 0.1) is 0 Å². The molecule has 0 amide bonds. The average Bonchev–Trinajstić information content (AvgIpc) is 2.38. The summed E-state index contributed by atoms with van der Waals surface area (Å²) in [6.07, 6.45) is -2.89. The van der Waals surface area contributed by atoms with Crippen molar-refractivity contribution in [1.29, 1.82) is 0 Å². The van der Waals surface area contributed by atoms with E-state index in [-0.39, 0.29) is 11.6 Å². The van der Waals surface area contributed by atoms with Crippen LogP contribution >= 0.6 is 0 Å². The van der Waals surface area contributed by atoms with Crippen molar-refractivity contribution in [2.75, 3.05) is 6.54 Å². The molecule has 1 saturated heterocycles. The molecule has 2 unspecified atom stereocenters. The molecule has 0 radical (unpaired) electrons. The predicted octanol–water partition coefficient (Wildman–Crippen LogP) is 2.88. The van der Waals surface area contributed by atoms with Gasteiger partial charge in [-0.05, 0) is 31.0 Å². The molecule has 2 N–H and O–H groups in total. The number of piperidine rings is 1. The van der Waals surface area contributed by atoms with Gasteiger partial charge in [0.2, 0.25) is 0 Å². The lowest BCUT2D eigenvalue weighted by Crippen LogP contribution is -2.39. The number of hydrogen-bond donors (Lipinski definition) is 2. The number of aliphatic hydroxyl groups is 1. The van der Waals surface area contributed by atoms with E-state index in [9.17, 15) is 18.3 Å². The molecule has 100 valence electrons. The molecule has 0 aliphatic carbocycles. The molecular weight excluding hydrogens is 243 g/mol. The summed E-state index contributed by atoms with van der Waals surface area (Å²) in [5.74, 6) is 0. The molecular formula is C13H16F3NO. The van der Waals surface area contributed by atoms with Crippen molar-refractivity contribution in [2.45, 2.75) is 37.6 Å². The first-order chi connectivity index (χ1) is 8.50. The number of alkyl halides is 3. The minimum absolute atomic E-state index is 0.0376.